The number of hydrogen-bond donors (Lipinski definition) is 0. The van der Waals surface area contributed by atoms with Crippen LogP contribution in [0.1, 0.15) is 5.56 Å². The van der Waals surface area contributed by atoms with Gasteiger partial charge in [-0.3, -0.25) is 9.10 Å². The van der Waals surface area contributed by atoms with Crippen molar-refractivity contribution in [2.45, 2.75) is 11.8 Å². The topological polar surface area (TPSA) is 54.5 Å². The summed E-state index contributed by atoms with van der Waals surface area (Å²) in [6.07, 6.45) is 0. The van der Waals surface area contributed by atoms with Crippen LogP contribution in [-0.2, 0) is 14.8 Å². The molecule has 0 saturated carbocycles. The maximum Gasteiger partial charge on any atom is 0.264 e. The smallest absolute Gasteiger partial charge is 0.264 e. The summed E-state index contributed by atoms with van der Waals surface area (Å²) in [5.74, 6) is 0. The van der Waals surface area contributed by atoms with Crippen LogP contribution in [0.25, 0.3) is 0 Å². The summed E-state index contributed by atoms with van der Waals surface area (Å²) in [6, 6.07) is 10.4. The molecule has 0 bridgehead atoms. The number of sulfonamides is 1. The third-order valence-electron chi connectivity index (χ3n) is 3.18. The van der Waals surface area contributed by atoms with E-state index in [9.17, 15) is 13.2 Å². The lowest BCUT2D eigenvalue weighted by Gasteiger charge is -2.25. The molecule has 0 spiro atoms. The minimum atomic E-state index is -3.99. The van der Waals surface area contributed by atoms with Crippen molar-refractivity contribution >= 4 is 55.8 Å². The first-order valence-electron chi connectivity index (χ1n) is 6.45. The largest absolute Gasteiger partial charge is 0.279 e. The van der Waals surface area contributed by atoms with E-state index in [1.54, 1.807) is 25.1 Å². The molecule has 0 amide bonds. The van der Waals surface area contributed by atoms with Gasteiger partial charge in [0.05, 0.1) is 10.6 Å². The van der Waals surface area contributed by atoms with Gasteiger partial charge in [0, 0.05) is 10.0 Å². The lowest BCUT2D eigenvalue weighted by Crippen LogP contribution is -2.35. The Balaban J connectivity index is 2.60. The quantitative estimate of drug-likeness (QED) is 0.714. The van der Waals surface area contributed by atoms with E-state index in [0.717, 1.165) is 4.31 Å². The van der Waals surface area contributed by atoms with Crippen LogP contribution in [0.4, 0.5) is 5.69 Å². The van der Waals surface area contributed by atoms with Gasteiger partial charge in [0.15, 0.2) is 0 Å². The summed E-state index contributed by atoms with van der Waals surface area (Å²) >= 11 is 17.3. The van der Waals surface area contributed by atoms with E-state index in [2.05, 4.69) is 0 Å². The number of halogens is 3. The summed E-state index contributed by atoms with van der Waals surface area (Å²) in [7, 11) is -3.99. The highest BCUT2D eigenvalue weighted by Gasteiger charge is 2.28. The Kier molecular flexibility index (Phi) is 5.57. The molecule has 122 valence electrons. The van der Waals surface area contributed by atoms with Crippen LogP contribution in [0, 0.1) is 6.92 Å². The van der Waals surface area contributed by atoms with E-state index in [0.29, 0.717) is 21.3 Å². The Hall–Kier alpha value is -1.27. The fourth-order valence-electron chi connectivity index (χ4n) is 2.01. The molecule has 23 heavy (non-hydrogen) atoms. The summed E-state index contributed by atoms with van der Waals surface area (Å²) in [4.78, 5) is 11.4. The molecule has 2 aromatic carbocycles. The van der Waals surface area contributed by atoms with Crippen LogP contribution in [0.5, 0.6) is 0 Å². The highest BCUT2D eigenvalue weighted by Crippen LogP contribution is 2.31. The summed E-state index contributed by atoms with van der Waals surface area (Å²) in [5.41, 5.74) is 0.825. The van der Waals surface area contributed by atoms with Gasteiger partial charge in [-0.2, -0.15) is 0 Å². The molecule has 0 aliphatic heterocycles. The molecule has 2 rings (SSSR count). The summed E-state index contributed by atoms with van der Waals surface area (Å²) < 4.78 is 26.7. The Morgan fingerprint density at radius 3 is 2.26 bits per heavy atom. The molecule has 0 atom stereocenters. The predicted octanol–water partition coefficient (Wildman–Crippen LogP) is 4.26. The average Bonchev–Trinajstić information content (AvgIpc) is 2.48. The van der Waals surface area contributed by atoms with Crippen LogP contribution in [-0.4, -0.2) is 20.2 Å². The Morgan fingerprint density at radius 2 is 1.70 bits per heavy atom. The SMILES string of the molecule is Cc1c(Cl)cccc1N(CC(=O)Cl)S(=O)(=O)c1ccc(Cl)cc1. The van der Waals surface area contributed by atoms with Gasteiger partial charge in [-0.25, -0.2) is 8.42 Å². The van der Waals surface area contributed by atoms with Crippen molar-refractivity contribution in [1.29, 1.82) is 0 Å². The third kappa shape index (κ3) is 3.98. The van der Waals surface area contributed by atoms with E-state index in [1.165, 1.54) is 24.3 Å². The Labute approximate surface area is 149 Å². The summed E-state index contributed by atoms with van der Waals surface area (Å²) in [6.45, 7) is 1.16. The fourth-order valence-corrected chi connectivity index (χ4v) is 3.98. The van der Waals surface area contributed by atoms with Gasteiger partial charge in [0.25, 0.3) is 10.0 Å². The van der Waals surface area contributed by atoms with E-state index in [-0.39, 0.29) is 4.90 Å². The van der Waals surface area contributed by atoms with Gasteiger partial charge in [0.2, 0.25) is 5.24 Å². The van der Waals surface area contributed by atoms with Crippen molar-refractivity contribution in [3.05, 3.63) is 58.1 Å². The monoisotopic (exact) mass is 391 g/mol. The van der Waals surface area contributed by atoms with Gasteiger partial charge in [-0.15, -0.1) is 0 Å². The molecule has 0 unspecified atom stereocenters. The van der Waals surface area contributed by atoms with Crippen LogP contribution < -0.4 is 4.31 Å². The molecule has 0 fully saturated rings. The lowest BCUT2D eigenvalue weighted by atomic mass is 10.2. The number of anilines is 1. The second-order valence-electron chi connectivity index (χ2n) is 4.70. The molecule has 0 radical (unpaired) electrons. The summed E-state index contributed by atoms with van der Waals surface area (Å²) in [5, 5.41) is -0.00871. The van der Waals surface area contributed by atoms with Crippen molar-refractivity contribution in [2.24, 2.45) is 0 Å². The van der Waals surface area contributed by atoms with Crippen LogP contribution in [0.2, 0.25) is 10.0 Å². The molecule has 0 heterocycles. The van der Waals surface area contributed by atoms with E-state index in [1.807, 2.05) is 0 Å². The first-order valence-corrected chi connectivity index (χ1v) is 9.02. The zero-order valence-corrected chi connectivity index (χ0v) is 15.0. The number of hydrogen-bond acceptors (Lipinski definition) is 3. The number of nitrogens with zero attached hydrogens (tertiary/aromatic N) is 1. The van der Waals surface area contributed by atoms with Crippen LogP contribution in [0.15, 0.2) is 47.4 Å². The lowest BCUT2D eigenvalue weighted by molar-refractivity contribution is -0.110. The van der Waals surface area contributed by atoms with E-state index in [4.69, 9.17) is 34.8 Å². The van der Waals surface area contributed by atoms with Crippen LogP contribution in [0.3, 0.4) is 0 Å². The maximum absolute atomic E-state index is 12.9. The first-order chi connectivity index (χ1) is 10.7. The molecule has 0 aliphatic rings. The van der Waals surface area contributed by atoms with Gasteiger partial charge in [-0.1, -0.05) is 29.3 Å². The van der Waals surface area contributed by atoms with Crippen molar-refractivity contribution < 1.29 is 13.2 Å². The Bertz CT molecular complexity index is 836. The van der Waals surface area contributed by atoms with Crippen molar-refractivity contribution in [1.82, 2.24) is 0 Å². The van der Waals surface area contributed by atoms with Crippen molar-refractivity contribution in [3.63, 3.8) is 0 Å². The van der Waals surface area contributed by atoms with E-state index < -0.39 is 21.8 Å². The maximum atomic E-state index is 12.9. The van der Waals surface area contributed by atoms with Gasteiger partial charge in [0.1, 0.15) is 6.54 Å². The normalized spacial score (nSPS) is 11.3. The van der Waals surface area contributed by atoms with Gasteiger partial charge in [-0.05, 0) is 60.5 Å². The zero-order valence-electron chi connectivity index (χ0n) is 12.0. The molecular weight excluding hydrogens is 381 g/mol. The molecule has 0 aromatic heterocycles. The number of carbonyl (C=O) groups is 1. The van der Waals surface area contributed by atoms with Crippen molar-refractivity contribution in [3.8, 4) is 0 Å². The molecule has 2 aromatic rings. The molecular formula is C15H12Cl3NO3S. The average molecular weight is 393 g/mol. The minimum absolute atomic E-state index is 0.000748. The zero-order chi connectivity index (χ0) is 17.2. The molecule has 8 heteroatoms. The second-order valence-corrected chi connectivity index (χ2v) is 7.83. The molecule has 4 nitrogen and oxygen atoms in total. The fraction of sp³-hybridized carbons (Fsp3) is 0.133. The van der Waals surface area contributed by atoms with Gasteiger partial charge < -0.3 is 0 Å². The number of benzene rings is 2. The highest BCUT2D eigenvalue weighted by molar-refractivity contribution is 7.92. The standard InChI is InChI=1S/C15H12Cl3NO3S/c1-10-13(17)3-2-4-14(10)19(9-15(18)20)23(21,22)12-7-5-11(16)6-8-12/h2-8H,9H2,1H3. The number of carbonyl (C=O) groups excluding carboxylic acids is 1. The van der Waals surface area contributed by atoms with E-state index >= 15 is 0 Å². The number of rotatable bonds is 5. The molecule has 0 aliphatic carbocycles. The second kappa shape index (κ2) is 7.09. The predicted molar refractivity (Wildman–Crippen MR) is 93.0 cm³/mol. The molecule has 0 N–H and O–H groups in total. The minimum Gasteiger partial charge on any atom is -0.279 e. The Morgan fingerprint density at radius 1 is 1.09 bits per heavy atom. The first kappa shape index (κ1) is 18.1. The third-order valence-corrected chi connectivity index (χ3v) is 5.73. The molecule has 0 saturated heterocycles. The van der Waals surface area contributed by atoms with Gasteiger partial charge >= 0.3 is 0 Å². The van der Waals surface area contributed by atoms with Crippen molar-refractivity contribution in [2.75, 3.05) is 10.8 Å². The van der Waals surface area contributed by atoms with Crippen LogP contribution >= 0.6 is 34.8 Å². The highest BCUT2D eigenvalue weighted by atomic mass is 35.5.